The van der Waals surface area contributed by atoms with E-state index in [1.54, 1.807) is 6.07 Å². The first-order valence-corrected chi connectivity index (χ1v) is 7.78. The summed E-state index contributed by atoms with van der Waals surface area (Å²) in [6.07, 6.45) is 3.61. The minimum absolute atomic E-state index is 0.195. The van der Waals surface area contributed by atoms with Crippen LogP contribution in [0.3, 0.4) is 0 Å². The van der Waals surface area contributed by atoms with Crippen LogP contribution in [0.2, 0.25) is 0 Å². The van der Waals surface area contributed by atoms with E-state index in [-0.39, 0.29) is 10.6 Å². The quantitative estimate of drug-likeness (QED) is 0.451. The lowest BCUT2D eigenvalue weighted by molar-refractivity contribution is -0.385. The van der Waals surface area contributed by atoms with Crippen molar-refractivity contribution in [3.63, 3.8) is 0 Å². The van der Waals surface area contributed by atoms with Crippen LogP contribution in [0.4, 0.5) is 11.4 Å². The number of benzene rings is 1. The van der Waals surface area contributed by atoms with Gasteiger partial charge in [-0.3, -0.25) is 10.1 Å². The van der Waals surface area contributed by atoms with E-state index in [1.807, 2.05) is 34.7 Å². The summed E-state index contributed by atoms with van der Waals surface area (Å²) in [5, 5.41) is 10.8. The number of nitrogens with zero attached hydrogens (tertiary/aromatic N) is 2. The van der Waals surface area contributed by atoms with Gasteiger partial charge in [0.05, 0.1) is 8.49 Å². The van der Waals surface area contributed by atoms with Gasteiger partial charge < -0.3 is 4.90 Å². The second-order valence-corrected chi connectivity index (χ2v) is 6.43. The first kappa shape index (κ1) is 14.6. The molecule has 0 unspecified atom stereocenters. The average Bonchev–Trinajstić information content (AvgIpc) is 2.83. The van der Waals surface area contributed by atoms with Crippen LogP contribution in [0.15, 0.2) is 18.2 Å². The third-order valence-electron chi connectivity index (χ3n) is 4.43. The second kappa shape index (κ2) is 5.64. The van der Waals surface area contributed by atoms with Crippen molar-refractivity contribution in [3.8, 4) is 0 Å². The average molecular weight is 374 g/mol. The summed E-state index contributed by atoms with van der Waals surface area (Å²) in [6, 6.07) is 5.43. The van der Waals surface area contributed by atoms with Crippen molar-refractivity contribution < 1.29 is 4.92 Å². The fourth-order valence-corrected chi connectivity index (χ4v) is 3.52. The summed E-state index contributed by atoms with van der Waals surface area (Å²) in [4.78, 5) is 12.9. The zero-order valence-electron chi connectivity index (χ0n) is 11.4. The van der Waals surface area contributed by atoms with Crippen molar-refractivity contribution in [2.75, 3.05) is 18.0 Å². The van der Waals surface area contributed by atoms with Gasteiger partial charge in [0, 0.05) is 24.8 Å². The van der Waals surface area contributed by atoms with E-state index in [0.717, 1.165) is 18.8 Å². The van der Waals surface area contributed by atoms with Gasteiger partial charge in [0.25, 0.3) is 5.69 Å². The normalized spacial score (nSPS) is 17.7. The topological polar surface area (TPSA) is 46.4 Å². The van der Waals surface area contributed by atoms with Gasteiger partial charge in [-0.05, 0) is 59.4 Å². The third-order valence-corrected chi connectivity index (χ3v) is 5.30. The molecule has 2 rings (SSSR count). The lowest BCUT2D eigenvalue weighted by atomic mass is 9.82. The van der Waals surface area contributed by atoms with Crippen LogP contribution in [-0.4, -0.2) is 18.0 Å². The second-order valence-electron chi connectivity index (χ2n) is 5.27. The van der Waals surface area contributed by atoms with Gasteiger partial charge in [0.2, 0.25) is 0 Å². The summed E-state index contributed by atoms with van der Waals surface area (Å²) in [7, 11) is 0. The van der Waals surface area contributed by atoms with Crippen molar-refractivity contribution in [3.05, 3.63) is 31.9 Å². The Kier molecular flexibility index (Phi) is 4.32. The predicted octanol–water partition coefficient (Wildman–Crippen LogP) is 4.22. The molecule has 0 aliphatic carbocycles. The third kappa shape index (κ3) is 2.85. The number of halogens is 1. The Balaban J connectivity index is 2.21. The Labute approximate surface area is 127 Å². The molecule has 1 aromatic carbocycles. The van der Waals surface area contributed by atoms with Crippen molar-refractivity contribution in [2.24, 2.45) is 5.41 Å². The highest BCUT2D eigenvalue weighted by Crippen LogP contribution is 2.39. The molecule has 5 heteroatoms. The summed E-state index contributed by atoms with van der Waals surface area (Å²) >= 11 is 2.05. The van der Waals surface area contributed by atoms with Crippen LogP contribution in [0, 0.1) is 19.1 Å². The fourth-order valence-electron chi connectivity index (χ4n) is 2.82. The maximum Gasteiger partial charge on any atom is 0.282 e. The number of hydrogen-bond donors (Lipinski definition) is 0. The minimum atomic E-state index is -0.322. The van der Waals surface area contributed by atoms with E-state index in [1.165, 1.54) is 19.3 Å². The minimum Gasteiger partial charge on any atom is -0.371 e. The summed E-state index contributed by atoms with van der Waals surface area (Å²) in [5.41, 5.74) is 1.73. The van der Waals surface area contributed by atoms with E-state index in [2.05, 4.69) is 18.7 Å². The number of anilines is 1. The molecule has 0 bridgehead atoms. The largest absolute Gasteiger partial charge is 0.371 e. The molecule has 0 atom stereocenters. The zero-order valence-corrected chi connectivity index (χ0v) is 13.5. The molecule has 0 radical (unpaired) electrons. The Hall–Kier alpha value is -0.850. The van der Waals surface area contributed by atoms with Gasteiger partial charge in [-0.15, -0.1) is 0 Å². The number of nitro benzene ring substituents is 1. The molecule has 0 N–H and O–H groups in total. The summed E-state index contributed by atoms with van der Waals surface area (Å²) in [5.74, 6) is 0. The molecular weight excluding hydrogens is 355 g/mol. The molecule has 0 amide bonds. The van der Waals surface area contributed by atoms with Crippen molar-refractivity contribution in [1.82, 2.24) is 0 Å². The molecule has 0 saturated carbocycles. The first-order chi connectivity index (χ1) is 9.01. The van der Waals surface area contributed by atoms with E-state index >= 15 is 0 Å². The van der Waals surface area contributed by atoms with Gasteiger partial charge in [0.15, 0.2) is 0 Å². The molecule has 0 spiro atoms. The van der Waals surface area contributed by atoms with Crippen LogP contribution >= 0.6 is 22.6 Å². The molecular formula is C14H19IN2O2. The van der Waals surface area contributed by atoms with E-state index in [9.17, 15) is 10.1 Å². The molecule has 0 aromatic heterocycles. The highest BCUT2D eigenvalue weighted by atomic mass is 127. The lowest BCUT2D eigenvalue weighted by Crippen LogP contribution is -2.26. The van der Waals surface area contributed by atoms with Crippen molar-refractivity contribution in [2.45, 2.75) is 33.1 Å². The van der Waals surface area contributed by atoms with E-state index in [0.29, 0.717) is 8.99 Å². The molecule has 4 nitrogen and oxygen atoms in total. The lowest BCUT2D eigenvalue weighted by Gasteiger charge is -2.27. The highest BCUT2D eigenvalue weighted by molar-refractivity contribution is 14.1. The van der Waals surface area contributed by atoms with E-state index < -0.39 is 0 Å². The molecule has 104 valence electrons. The monoisotopic (exact) mass is 374 g/mol. The zero-order chi connectivity index (χ0) is 14.0. The summed E-state index contributed by atoms with van der Waals surface area (Å²) in [6.45, 7) is 6.63. The number of rotatable bonds is 4. The fraction of sp³-hybridized carbons (Fsp3) is 0.571. The molecule has 1 saturated heterocycles. The van der Waals surface area contributed by atoms with E-state index in [4.69, 9.17) is 0 Å². The highest BCUT2D eigenvalue weighted by Gasteiger charge is 2.35. The molecule has 1 aliphatic rings. The Bertz CT molecular complexity index is 486. The van der Waals surface area contributed by atoms with Crippen LogP contribution in [-0.2, 0) is 0 Å². The number of hydrogen-bond acceptors (Lipinski definition) is 3. The molecule has 19 heavy (non-hydrogen) atoms. The van der Waals surface area contributed by atoms with Crippen molar-refractivity contribution >= 4 is 34.0 Å². The van der Waals surface area contributed by atoms with Crippen LogP contribution in [0.1, 0.15) is 33.1 Å². The maximum atomic E-state index is 10.8. The smallest absolute Gasteiger partial charge is 0.282 e. The molecule has 1 fully saturated rings. The van der Waals surface area contributed by atoms with Crippen LogP contribution in [0.25, 0.3) is 0 Å². The predicted molar refractivity (Wildman–Crippen MR) is 85.7 cm³/mol. The Morgan fingerprint density at radius 2 is 2.11 bits per heavy atom. The Morgan fingerprint density at radius 3 is 2.58 bits per heavy atom. The number of nitro groups is 1. The van der Waals surface area contributed by atoms with Gasteiger partial charge in [-0.1, -0.05) is 13.8 Å². The van der Waals surface area contributed by atoms with Gasteiger partial charge in [-0.25, -0.2) is 0 Å². The molecule has 1 aromatic rings. The SMILES string of the molecule is CCC1(CC)CCN(c2ccc([N+](=O)[O-])c(I)c2)C1. The van der Waals surface area contributed by atoms with Crippen LogP contribution < -0.4 is 4.90 Å². The van der Waals surface area contributed by atoms with Crippen molar-refractivity contribution in [1.29, 1.82) is 0 Å². The Morgan fingerprint density at radius 1 is 1.42 bits per heavy atom. The molecule has 1 aliphatic heterocycles. The summed E-state index contributed by atoms with van der Waals surface area (Å²) < 4.78 is 0.714. The maximum absolute atomic E-state index is 10.8. The van der Waals surface area contributed by atoms with Gasteiger partial charge >= 0.3 is 0 Å². The van der Waals surface area contributed by atoms with Crippen LogP contribution in [0.5, 0.6) is 0 Å². The first-order valence-electron chi connectivity index (χ1n) is 6.70. The standard InChI is InChI=1S/C14H19IN2O2/c1-3-14(4-2)7-8-16(10-14)11-5-6-13(17(18)19)12(15)9-11/h5-6,9H,3-4,7-8,10H2,1-2H3. The molecule has 1 heterocycles. The van der Waals surface area contributed by atoms with Gasteiger partial charge in [0.1, 0.15) is 0 Å². The van der Waals surface area contributed by atoms with Gasteiger partial charge in [-0.2, -0.15) is 0 Å².